The summed E-state index contributed by atoms with van der Waals surface area (Å²) in [6.45, 7) is 10.6. The zero-order chi connectivity index (χ0) is 10.4. The van der Waals surface area contributed by atoms with Gasteiger partial charge in [0.25, 0.3) is 0 Å². The number of carbonyl (C=O) groups is 1. The van der Waals surface area contributed by atoms with E-state index in [1.165, 1.54) is 0 Å². The Bertz CT molecular complexity index is 228. The van der Waals surface area contributed by atoms with Crippen molar-refractivity contribution in [2.45, 2.75) is 41.0 Å². The fraction of sp³-hybridized carbons (Fsp3) is 0.909. The fourth-order valence-corrected chi connectivity index (χ4v) is 2.78. The molecule has 0 bridgehead atoms. The molecule has 2 heteroatoms. The first kappa shape index (κ1) is 10.6. The summed E-state index contributed by atoms with van der Waals surface area (Å²) >= 11 is 0. The van der Waals surface area contributed by atoms with Crippen molar-refractivity contribution < 1.29 is 9.90 Å². The lowest BCUT2D eigenvalue weighted by molar-refractivity contribution is -0.139. The number of hydrogen-bond donors (Lipinski definition) is 1. The van der Waals surface area contributed by atoms with Crippen LogP contribution in [0.4, 0.5) is 0 Å². The van der Waals surface area contributed by atoms with Gasteiger partial charge in [-0.15, -0.1) is 0 Å². The van der Waals surface area contributed by atoms with Crippen molar-refractivity contribution in [3.8, 4) is 0 Å². The molecule has 1 rings (SSSR count). The van der Waals surface area contributed by atoms with E-state index in [1.807, 2.05) is 0 Å². The van der Waals surface area contributed by atoms with Gasteiger partial charge < -0.3 is 5.11 Å². The van der Waals surface area contributed by atoms with Crippen LogP contribution in [-0.2, 0) is 4.79 Å². The second-order valence-electron chi connectivity index (χ2n) is 5.46. The van der Waals surface area contributed by atoms with E-state index in [0.29, 0.717) is 5.92 Å². The zero-order valence-electron chi connectivity index (χ0n) is 9.22. The highest BCUT2D eigenvalue weighted by atomic mass is 16.4. The van der Waals surface area contributed by atoms with Gasteiger partial charge in [0.05, 0.1) is 5.92 Å². The lowest BCUT2D eigenvalue weighted by atomic mass is 9.81. The third-order valence-corrected chi connectivity index (χ3v) is 3.85. The molecule has 76 valence electrons. The summed E-state index contributed by atoms with van der Waals surface area (Å²) in [6, 6.07) is 0. The van der Waals surface area contributed by atoms with Gasteiger partial charge in [0.1, 0.15) is 0 Å². The summed E-state index contributed by atoms with van der Waals surface area (Å²) in [5, 5.41) is 9.02. The summed E-state index contributed by atoms with van der Waals surface area (Å²) in [4.78, 5) is 11.0. The molecule has 0 aromatic rings. The molecule has 1 N–H and O–H groups in total. The molecule has 0 aromatic heterocycles. The monoisotopic (exact) mass is 184 g/mol. The first-order valence-corrected chi connectivity index (χ1v) is 4.98. The summed E-state index contributed by atoms with van der Waals surface area (Å²) in [6.07, 6.45) is 1.05. The predicted molar refractivity (Wildman–Crippen MR) is 52.5 cm³/mol. The van der Waals surface area contributed by atoms with Crippen molar-refractivity contribution in [1.29, 1.82) is 0 Å². The Morgan fingerprint density at radius 3 is 2.15 bits per heavy atom. The van der Waals surface area contributed by atoms with Crippen LogP contribution in [0.3, 0.4) is 0 Å². The molecule has 2 nitrogen and oxygen atoms in total. The minimum absolute atomic E-state index is 0.00859. The SMILES string of the molecule is CCC(C)(C)C1C(C(=O)O)C1(C)C. The van der Waals surface area contributed by atoms with Gasteiger partial charge in [0.15, 0.2) is 0 Å². The summed E-state index contributed by atoms with van der Waals surface area (Å²) in [7, 11) is 0. The summed E-state index contributed by atoms with van der Waals surface area (Å²) in [5.74, 6) is -0.429. The first-order chi connectivity index (χ1) is 5.75. The molecule has 0 aromatic carbocycles. The minimum atomic E-state index is -0.628. The van der Waals surface area contributed by atoms with Gasteiger partial charge in [-0.1, -0.05) is 41.0 Å². The van der Waals surface area contributed by atoms with Crippen molar-refractivity contribution in [3.63, 3.8) is 0 Å². The maximum absolute atomic E-state index is 11.0. The number of hydrogen-bond acceptors (Lipinski definition) is 1. The molecule has 0 heterocycles. The molecule has 2 atom stereocenters. The average Bonchev–Trinajstić information content (AvgIpc) is 2.54. The molecule has 0 aliphatic heterocycles. The highest BCUT2D eigenvalue weighted by Gasteiger charge is 2.66. The largest absolute Gasteiger partial charge is 0.481 e. The minimum Gasteiger partial charge on any atom is -0.481 e. The van der Waals surface area contributed by atoms with Gasteiger partial charge in [-0.25, -0.2) is 0 Å². The summed E-state index contributed by atoms with van der Waals surface area (Å²) in [5.41, 5.74) is 0.151. The Kier molecular flexibility index (Phi) is 2.21. The second-order valence-corrected chi connectivity index (χ2v) is 5.46. The smallest absolute Gasteiger partial charge is 0.307 e. The standard InChI is InChI=1S/C11H20O2/c1-6-10(2,3)8-7(9(12)13)11(8,4)5/h7-8H,6H2,1-5H3,(H,12,13). The maximum atomic E-state index is 11.0. The quantitative estimate of drug-likeness (QED) is 0.732. The van der Waals surface area contributed by atoms with E-state index >= 15 is 0 Å². The zero-order valence-corrected chi connectivity index (χ0v) is 9.22. The molecule has 0 saturated heterocycles. The second kappa shape index (κ2) is 2.73. The highest BCUT2D eigenvalue weighted by molar-refractivity contribution is 5.75. The Labute approximate surface area is 80.3 Å². The Hall–Kier alpha value is -0.530. The van der Waals surface area contributed by atoms with Crippen molar-refractivity contribution in [2.75, 3.05) is 0 Å². The number of rotatable bonds is 3. The normalized spacial score (nSPS) is 31.5. The lowest BCUT2D eigenvalue weighted by Gasteiger charge is -2.24. The van der Waals surface area contributed by atoms with Gasteiger partial charge in [-0.3, -0.25) is 4.79 Å². The van der Waals surface area contributed by atoms with Crippen LogP contribution in [0.2, 0.25) is 0 Å². The first-order valence-electron chi connectivity index (χ1n) is 4.98. The van der Waals surface area contributed by atoms with Gasteiger partial charge in [0, 0.05) is 0 Å². The van der Waals surface area contributed by atoms with Gasteiger partial charge in [-0.2, -0.15) is 0 Å². The number of aliphatic carboxylic acids is 1. The van der Waals surface area contributed by atoms with E-state index in [9.17, 15) is 4.79 Å². The molecule has 0 spiro atoms. The van der Waals surface area contributed by atoms with Gasteiger partial charge >= 0.3 is 5.97 Å². The molecule has 1 saturated carbocycles. The maximum Gasteiger partial charge on any atom is 0.307 e. The third kappa shape index (κ3) is 1.47. The van der Waals surface area contributed by atoms with E-state index < -0.39 is 5.97 Å². The Morgan fingerprint density at radius 1 is 1.46 bits per heavy atom. The van der Waals surface area contributed by atoms with Crippen molar-refractivity contribution in [3.05, 3.63) is 0 Å². The van der Waals surface area contributed by atoms with Crippen LogP contribution in [0.15, 0.2) is 0 Å². The van der Waals surface area contributed by atoms with E-state index in [-0.39, 0.29) is 16.7 Å². The molecule has 0 radical (unpaired) electrons. The van der Waals surface area contributed by atoms with Crippen LogP contribution in [0.25, 0.3) is 0 Å². The van der Waals surface area contributed by atoms with Gasteiger partial charge in [0.2, 0.25) is 0 Å². The topological polar surface area (TPSA) is 37.3 Å². The number of carboxylic acid groups (broad SMARTS) is 1. The molecule has 1 fully saturated rings. The van der Waals surface area contributed by atoms with Crippen LogP contribution < -0.4 is 0 Å². The van der Waals surface area contributed by atoms with Crippen LogP contribution in [0.1, 0.15) is 41.0 Å². The van der Waals surface area contributed by atoms with Crippen LogP contribution >= 0.6 is 0 Å². The molecule has 2 unspecified atom stereocenters. The highest BCUT2D eigenvalue weighted by Crippen LogP contribution is 2.66. The number of carboxylic acids is 1. The molecular formula is C11H20O2. The molecule has 13 heavy (non-hydrogen) atoms. The van der Waals surface area contributed by atoms with Crippen molar-refractivity contribution in [2.24, 2.45) is 22.7 Å². The van der Waals surface area contributed by atoms with E-state index in [2.05, 4.69) is 34.6 Å². The van der Waals surface area contributed by atoms with E-state index in [4.69, 9.17) is 5.11 Å². The van der Waals surface area contributed by atoms with Crippen LogP contribution in [-0.4, -0.2) is 11.1 Å². The molecule has 1 aliphatic carbocycles. The van der Waals surface area contributed by atoms with Crippen LogP contribution in [0, 0.1) is 22.7 Å². The van der Waals surface area contributed by atoms with E-state index in [0.717, 1.165) is 6.42 Å². The van der Waals surface area contributed by atoms with Crippen LogP contribution in [0.5, 0.6) is 0 Å². The lowest BCUT2D eigenvalue weighted by Crippen LogP contribution is -2.17. The van der Waals surface area contributed by atoms with E-state index in [1.54, 1.807) is 0 Å². The Balaban J connectivity index is 2.82. The fourth-order valence-electron chi connectivity index (χ4n) is 2.78. The van der Waals surface area contributed by atoms with Gasteiger partial charge in [-0.05, 0) is 16.7 Å². The average molecular weight is 184 g/mol. The Morgan fingerprint density at radius 2 is 1.92 bits per heavy atom. The summed E-state index contributed by atoms with van der Waals surface area (Å²) < 4.78 is 0. The van der Waals surface area contributed by atoms with Crippen molar-refractivity contribution in [1.82, 2.24) is 0 Å². The third-order valence-electron chi connectivity index (χ3n) is 3.85. The molecular weight excluding hydrogens is 164 g/mol. The predicted octanol–water partition coefficient (Wildman–Crippen LogP) is 2.78. The van der Waals surface area contributed by atoms with Crippen molar-refractivity contribution >= 4 is 5.97 Å². The molecule has 1 aliphatic rings. The molecule has 0 amide bonds.